The number of rotatable bonds is 8. The number of nitrogens with zero attached hydrogens (tertiary/aromatic N) is 3. The summed E-state index contributed by atoms with van der Waals surface area (Å²) in [5, 5.41) is 4.78. The predicted octanol–water partition coefficient (Wildman–Crippen LogP) is 4.18. The van der Waals surface area contributed by atoms with Crippen molar-refractivity contribution in [3.63, 3.8) is 0 Å². The number of hydrogen-bond acceptors (Lipinski definition) is 5. The number of likely N-dealkylation sites (N-methyl/N-ethyl adjacent to an activating group) is 1. The van der Waals surface area contributed by atoms with Crippen molar-refractivity contribution in [1.29, 1.82) is 0 Å². The molecule has 1 heterocycles. The van der Waals surface area contributed by atoms with Gasteiger partial charge >= 0.3 is 0 Å². The summed E-state index contributed by atoms with van der Waals surface area (Å²) < 4.78 is 7.39. The van der Waals surface area contributed by atoms with Gasteiger partial charge in [-0.1, -0.05) is 13.8 Å². The third-order valence-corrected chi connectivity index (χ3v) is 5.43. The van der Waals surface area contributed by atoms with E-state index in [2.05, 4.69) is 29.1 Å². The second-order valence-electron chi connectivity index (χ2n) is 6.97. The van der Waals surface area contributed by atoms with Crippen molar-refractivity contribution < 1.29 is 4.74 Å². The lowest BCUT2D eigenvalue weighted by atomic mass is 10.1. The van der Waals surface area contributed by atoms with Gasteiger partial charge in [-0.25, -0.2) is 0 Å². The zero-order valence-corrected chi connectivity index (χ0v) is 18.0. The highest BCUT2D eigenvalue weighted by Gasteiger charge is 2.16. The summed E-state index contributed by atoms with van der Waals surface area (Å²) in [6.07, 6.45) is 1.75. The number of anilines is 1. The van der Waals surface area contributed by atoms with Crippen LogP contribution in [0.1, 0.15) is 20.8 Å². The molecule has 6 nitrogen and oxygen atoms in total. The molecule has 0 amide bonds. The maximum Gasteiger partial charge on any atom is 0.199 e. The Morgan fingerprint density at radius 1 is 1.21 bits per heavy atom. The van der Waals surface area contributed by atoms with E-state index in [-0.39, 0.29) is 5.43 Å². The van der Waals surface area contributed by atoms with Crippen molar-refractivity contribution in [3.8, 4) is 5.75 Å². The normalized spacial score (nSPS) is 11.8. The highest BCUT2D eigenvalue weighted by Crippen LogP contribution is 2.32. The van der Waals surface area contributed by atoms with E-state index in [9.17, 15) is 4.79 Å². The number of methoxy groups -OCH3 is 1. The Balaban J connectivity index is 2.22. The Hall–Kier alpha value is -2.86. The summed E-state index contributed by atoms with van der Waals surface area (Å²) in [6.45, 7) is 9.91. The molecule has 0 saturated carbocycles. The minimum atomic E-state index is -0.00880. The molecule has 0 atom stereocenters. The number of fused-ring (bicyclic) bond motifs is 2. The molecule has 0 unspecified atom stereocenters. The Labute approximate surface area is 171 Å². The van der Waals surface area contributed by atoms with E-state index < -0.39 is 0 Å². The highest BCUT2D eigenvalue weighted by molar-refractivity contribution is 6.05. The molecule has 1 N–H and O–H groups in total. The molecule has 3 aromatic rings. The highest BCUT2D eigenvalue weighted by atomic mass is 16.5. The van der Waals surface area contributed by atoms with Crippen LogP contribution in [0.5, 0.6) is 5.75 Å². The minimum Gasteiger partial charge on any atom is -0.497 e. The van der Waals surface area contributed by atoms with Crippen molar-refractivity contribution in [2.45, 2.75) is 20.8 Å². The number of benzene rings is 2. The first-order chi connectivity index (χ1) is 14.0. The largest absolute Gasteiger partial charge is 0.497 e. The minimum absolute atomic E-state index is 0.00880. The molecule has 2 aromatic carbocycles. The lowest BCUT2D eigenvalue weighted by molar-refractivity contribution is 0.316. The van der Waals surface area contributed by atoms with Crippen LogP contribution in [0.4, 0.5) is 11.4 Å². The number of nitrogens with one attached hydrogen (secondary N) is 1. The maximum absolute atomic E-state index is 13.5. The van der Waals surface area contributed by atoms with Gasteiger partial charge in [-0.3, -0.25) is 9.79 Å². The second kappa shape index (κ2) is 9.09. The van der Waals surface area contributed by atoms with Crippen LogP contribution >= 0.6 is 0 Å². The number of hydrogen-bond donors (Lipinski definition) is 1. The molecule has 6 heteroatoms. The van der Waals surface area contributed by atoms with Crippen LogP contribution in [0, 0.1) is 0 Å². The second-order valence-corrected chi connectivity index (χ2v) is 6.97. The fraction of sp³-hybridized carbons (Fsp3) is 0.391. The van der Waals surface area contributed by atoms with Crippen LogP contribution in [0.15, 0.2) is 40.1 Å². The van der Waals surface area contributed by atoms with Crippen molar-refractivity contribution in [2.24, 2.45) is 12.0 Å². The van der Waals surface area contributed by atoms with Gasteiger partial charge in [0.05, 0.1) is 34.6 Å². The van der Waals surface area contributed by atoms with Gasteiger partial charge in [-0.2, -0.15) is 0 Å². The van der Waals surface area contributed by atoms with E-state index in [1.54, 1.807) is 13.3 Å². The van der Waals surface area contributed by atoms with E-state index in [1.807, 2.05) is 48.9 Å². The molecule has 0 aliphatic carbocycles. The molecule has 0 aliphatic rings. The van der Waals surface area contributed by atoms with Gasteiger partial charge in [0.1, 0.15) is 5.75 Å². The van der Waals surface area contributed by atoms with Crippen LogP contribution in [0.3, 0.4) is 0 Å². The third-order valence-electron chi connectivity index (χ3n) is 5.43. The summed E-state index contributed by atoms with van der Waals surface area (Å²) in [5.41, 5.74) is 3.31. The topological polar surface area (TPSA) is 58.9 Å². The number of pyridine rings is 1. The zero-order chi connectivity index (χ0) is 21.0. The molecule has 0 radical (unpaired) electrons. The van der Waals surface area contributed by atoms with E-state index in [4.69, 9.17) is 4.74 Å². The molecule has 0 spiro atoms. The molecule has 3 rings (SSSR count). The van der Waals surface area contributed by atoms with Crippen LogP contribution in [0.2, 0.25) is 0 Å². The number of ether oxygens (including phenoxy) is 1. The lowest BCUT2D eigenvalue weighted by Crippen LogP contribution is -2.28. The summed E-state index contributed by atoms with van der Waals surface area (Å²) in [6, 6.07) is 9.54. The number of aliphatic imine (C=N–C) groups is 1. The summed E-state index contributed by atoms with van der Waals surface area (Å²) >= 11 is 0. The fourth-order valence-corrected chi connectivity index (χ4v) is 3.80. The van der Waals surface area contributed by atoms with Gasteiger partial charge in [0.2, 0.25) is 0 Å². The molecular weight excluding hydrogens is 364 g/mol. The van der Waals surface area contributed by atoms with Gasteiger partial charge in [-0.15, -0.1) is 0 Å². The average molecular weight is 395 g/mol. The van der Waals surface area contributed by atoms with Crippen LogP contribution in [-0.4, -0.2) is 49.0 Å². The molecule has 0 fully saturated rings. The average Bonchev–Trinajstić information content (AvgIpc) is 2.75. The summed E-state index contributed by atoms with van der Waals surface area (Å²) in [7, 11) is 3.59. The molecule has 1 aromatic heterocycles. The number of aryl methyl sites for hydroxylation is 1. The Bertz CT molecular complexity index is 1100. The van der Waals surface area contributed by atoms with Gasteiger partial charge in [0, 0.05) is 32.0 Å². The lowest BCUT2D eigenvalue weighted by Gasteiger charge is -2.20. The van der Waals surface area contributed by atoms with Crippen LogP contribution in [0.25, 0.3) is 21.8 Å². The van der Waals surface area contributed by atoms with Gasteiger partial charge in [0.25, 0.3) is 0 Å². The first kappa shape index (κ1) is 20.9. The van der Waals surface area contributed by atoms with Crippen molar-refractivity contribution in [1.82, 2.24) is 9.47 Å². The van der Waals surface area contributed by atoms with Crippen molar-refractivity contribution in [3.05, 3.63) is 40.6 Å². The Morgan fingerprint density at radius 2 is 1.97 bits per heavy atom. The molecule has 0 bridgehead atoms. The molecule has 0 saturated heterocycles. The molecule has 154 valence electrons. The van der Waals surface area contributed by atoms with Crippen molar-refractivity contribution in [2.75, 3.05) is 38.6 Å². The molecule has 0 aliphatic heterocycles. The predicted molar refractivity (Wildman–Crippen MR) is 123 cm³/mol. The Morgan fingerprint density at radius 3 is 2.62 bits per heavy atom. The number of aromatic nitrogens is 1. The fourth-order valence-electron chi connectivity index (χ4n) is 3.80. The molecule has 29 heavy (non-hydrogen) atoms. The van der Waals surface area contributed by atoms with E-state index in [0.717, 1.165) is 48.6 Å². The van der Waals surface area contributed by atoms with Gasteiger partial charge < -0.3 is 19.5 Å². The molecular formula is C23H30N4O2. The summed E-state index contributed by atoms with van der Waals surface area (Å²) in [4.78, 5) is 20.4. The van der Waals surface area contributed by atoms with E-state index in [1.165, 1.54) is 0 Å². The monoisotopic (exact) mass is 394 g/mol. The first-order valence-corrected chi connectivity index (χ1v) is 10.1. The van der Waals surface area contributed by atoms with Crippen molar-refractivity contribution >= 4 is 39.4 Å². The zero-order valence-electron chi connectivity index (χ0n) is 18.0. The van der Waals surface area contributed by atoms with Gasteiger partial charge in [0.15, 0.2) is 5.43 Å². The van der Waals surface area contributed by atoms with Gasteiger partial charge in [-0.05, 0) is 50.3 Å². The van der Waals surface area contributed by atoms with E-state index >= 15 is 0 Å². The van der Waals surface area contributed by atoms with Crippen LogP contribution in [-0.2, 0) is 7.05 Å². The Kier molecular flexibility index (Phi) is 6.54. The van der Waals surface area contributed by atoms with E-state index in [0.29, 0.717) is 16.5 Å². The first-order valence-electron chi connectivity index (χ1n) is 10.1. The third kappa shape index (κ3) is 3.98. The quantitative estimate of drug-likeness (QED) is 0.460. The summed E-state index contributed by atoms with van der Waals surface area (Å²) in [5.74, 6) is 0.674. The SMILES string of the molecule is CC=Nc1ccc(NCCN(CC)CC)c2c(=O)c3cc(OC)ccc3n(C)c12. The standard InChI is InChI=1S/C23H30N4O2/c1-6-24-19-11-10-18(25-13-14-27(7-2)8-3)21-22(19)26(4)20-12-9-16(29-5)15-17(20)23(21)28/h6,9-12,15,25H,7-8,13-14H2,1-5H3. The maximum atomic E-state index is 13.5. The van der Waals surface area contributed by atoms with Crippen LogP contribution < -0.4 is 15.5 Å². The smallest absolute Gasteiger partial charge is 0.199 e.